The zero-order chi connectivity index (χ0) is 28.1. The minimum Gasteiger partial charge on any atom is -0.462 e. The molecule has 2 aliphatic rings. The maximum atomic E-state index is 16.3. The zero-order valence-corrected chi connectivity index (χ0v) is 22.0. The van der Waals surface area contributed by atoms with Gasteiger partial charge in [0.05, 0.1) is 28.4 Å². The van der Waals surface area contributed by atoms with Crippen molar-refractivity contribution in [2.24, 2.45) is 0 Å². The molecule has 0 radical (unpaired) electrons. The summed E-state index contributed by atoms with van der Waals surface area (Å²) in [4.78, 5) is 16.2. The van der Waals surface area contributed by atoms with Crippen LogP contribution in [-0.2, 0) is 6.18 Å². The molecule has 2 aliphatic heterocycles. The number of ether oxygens (including phenoxy) is 1. The van der Waals surface area contributed by atoms with E-state index >= 15 is 4.39 Å². The fraction of sp³-hybridized carbons (Fsp3) is 0.423. The Morgan fingerprint density at radius 3 is 2.59 bits per heavy atom. The Bertz CT molecular complexity index is 1460. The van der Waals surface area contributed by atoms with Crippen LogP contribution in [0.2, 0.25) is 5.02 Å². The average molecular weight is 569 g/mol. The molecular weight excluding hydrogens is 543 g/mol. The number of halogens is 6. The fourth-order valence-corrected chi connectivity index (χ4v) is 5.45. The molecule has 13 heteroatoms. The number of nitrogen functional groups attached to an aromatic ring is 1. The number of likely N-dealkylation sites (tertiary alicyclic amines) is 1. The largest absolute Gasteiger partial charge is 0.462 e. The van der Waals surface area contributed by atoms with Crippen molar-refractivity contribution in [3.8, 4) is 17.3 Å². The molecule has 0 bridgehead atoms. The topological polar surface area (TPSA) is 80.4 Å². The first-order valence-electron chi connectivity index (χ1n) is 12.4. The molecule has 1 atom stereocenters. The van der Waals surface area contributed by atoms with E-state index < -0.39 is 28.8 Å². The van der Waals surface area contributed by atoms with Crippen LogP contribution in [0.3, 0.4) is 0 Å². The Balaban J connectivity index is 1.71. The van der Waals surface area contributed by atoms with Crippen LogP contribution in [0.1, 0.15) is 30.4 Å². The van der Waals surface area contributed by atoms with E-state index in [0.29, 0.717) is 13.0 Å². The van der Waals surface area contributed by atoms with Crippen LogP contribution in [0.5, 0.6) is 6.01 Å². The molecule has 1 unspecified atom stereocenters. The number of anilines is 2. The van der Waals surface area contributed by atoms with E-state index in [0.717, 1.165) is 25.5 Å². The van der Waals surface area contributed by atoms with Crippen molar-refractivity contribution in [2.75, 3.05) is 43.9 Å². The van der Waals surface area contributed by atoms with E-state index in [1.54, 1.807) is 4.90 Å². The highest BCUT2D eigenvalue weighted by atomic mass is 35.5. The molecule has 4 heterocycles. The fourth-order valence-electron chi connectivity index (χ4n) is 5.16. The Hall–Kier alpha value is -3.25. The summed E-state index contributed by atoms with van der Waals surface area (Å²) in [6.45, 7) is 2.60. The van der Waals surface area contributed by atoms with Crippen molar-refractivity contribution in [3.63, 3.8) is 0 Å². The van der Waals surface area contributed by atoms with Gasteiger partial charge in [-0.2, -0.15) is 23.1 Å². The number of benzene rings is 1. The summed E-state index contributed by atoms with van der Waals surface area (Å²) < 4.78 is 78.5. The van der Waals surface area contributed by atoms with Gasteiger partial charge in [-0.25, -0.2) is 13.8 Å². The highest BCUT2D eigenvalue weighted by molar-refractivity contribution is 6.34. The molecule has 1 aromatic carbocycles. The van der Waals surface area contributed by atoms with Crippen LogP contribution in [0.4, 0.5) is 33.6 Å². The third kappa shape index (κ3) is 5.31. The summed E-state index contributed by atoms with van der Waals surface area (Å²) in [7, 11) is 1.96. The van der Waals surface area contributed by atoms with Gasteiger partial charge >= 0.3 is 12.2 Å². The molecule has 2 aromatic heterocycles. The number of aryl methyl sites for hydroxylation is 1. The standard InChI is InChI=1S/C26H26ClF5N6O/c1-13-9-18(33)34-23(20(13)26(30,31)32)19-17(27)10-16-22(21(19)29)35-25(39-12-15-6-4-7-37(15)2)36-24(16)38-8-3-5-14(28)11-38/h5,9-10,15H,3-4,6-8,11-12H2,1-2H3,(H2,33,34). The van der Waals surface area contributed by atoms with Gasteiger partial charge in [0.2, 0.25) is 0 Å². The molecule has 3 aromatic rings. The average Bonchev–Trinajstić information content (AvgIpc) is 3.26. The highest BCUT2D eigenvalue weighted by Gasteiger charge is 2.38. The van der Waals surface area contributed by atoms with Gasteiger partial charge in [-0.1, -0.05) is 11.6 Å². The van der Waals surface area contributed by atoms with Crippen LogP contribution in [0, 0.1) is 12.7 Å². The molecule has 5 rings (SSSR count). The first kappa shape index (κ1) is 27.3. The van der Waals surface area contributed by atoms with Gasteiger partial charge in [0.25, 0.3) is 0 Å². The lowest BCUT2D eigenvalue weighted by molar-refractivity contribution is -0.137. The third-order valence-corrected chi connectivity index (χ3v) is 7.38. The summed E-state index contributed by atoms with van der Waals surface area (Å²) in [6.07, 6.45) is -1.13. The lowest BCUT2D eigenvalue weighted by Crippen LogP contribution is -2.32. The van der Waals surface area contributed by atoms with E-state index in [-0.39, 0.29) is 64.2 Å². The van der Waals surface area contributed by atoms with E-state index in [4.69, 9.17) is 22.1 Å². The molecule has 0 aliphatic carbocycles. The predicted octanol–water partition coefficient (Wildman–Crippen LogP) is 5.93. The van der Waals surface area contributed by atoms with Crippen molar-refractivity contribution < 1.29 is 26.7 Å². The summed E-state index contributed by atoms with van der Waals surface area (Å²) in [5.41, 5.74) is 2.70. The number of nitrogens with zero attached hydrogens (tertiary/aromatic N) is 5. The number of aromatic nitrogens is 3. The number of hydrogen-bond donors (Lipinski definition) is 1. The normalized spacial score (nSPS) is 18.6. The van der Waals surface area contributed by atoms with Gasteiger partial charge in [-0.15, -0.1) is 0 Å². The van der Waals surface area contributed by atoms with E-state index in [1.165, 1.54) is 19.1 Å². The molecule has 2 N–H and O–H groups in total. The Labute approximate surface area is 226 Å². The van der Waals surface area contributed by atoms with Crippen molar-refractivity contribution in [3.05, 3.63) is 46.0 Å². The Morgan fingerprint density at radius 2 is 1.92 bits per heavy atom. The number of pyridine rings is 1. The second kappa shape index (κ2) is 10.4. The van der Waals surface area contributed by atoms with Gasteiger partial charge in [0.15, 0.2) is 5.82 Å². The maximum absolute atomic E-state index is 16.3. The number of fused-ring (bicyclic) bond motifs is 1. The molecule has 0 saturated carbocycles. The van der Waals surface area contributed by atoms with Gasteiger partial charge < -0.3 is 20.3 Å². The second-order valence-electron chi connectivity index (χ2n) is 9.81. The van der Waals surface area contributed by atoms with Gasteiger partial charge in [-0.3, -0.25) is 0 Å². The molecule has 39 heavy (non-hydrogen) atoms. The van der Waals surface area contributed by atoms with Crippen LogP contribution < -0.4 is 15.4 Å². The predicted molar refractivity (Wildman–Crippen MR) is 139 cm³/mol. The molecule has 208 valence electrons. The zero-order valence-electron chi connectivity index (χ0n) is 21.2. The third-order valence-electron chi connectivity index (χ3n) is 7.08. The van der Waals surface area contributed by atoms with Crippen LogP contribution in [0.25, 0.3) is 22.2 Å². The summed E-state index contributed by atoms with van der Waals surface area (Å²) in [5.74, 6) is -1.59. The molecule has 0 spiro atoms. The molecule has 1 fully saturated rings. The SMILES string of the molecule is Cc1cc(N)nc(-c2c(Cl)cc3c(N4CCC=C(F)C4)nc(OCC4CCCN4C)nc3c2F)c1C(F)(F)F. The van der Waals surface area contributed by atoms with Crippen molar-refractivity contribution in [1.82, 2.24) is 19.9 Å². The highest BCUT2D eigenvalue weighted by Crippen LogP contribution is 2.44. The lowest BCUT2D eigenvalue weighted by atomic mass is 9.99. The Morgan fingerprint density at radius 1 is 1.15 bits per heavy atom. The van der Waals surface area contributed by atoms with E-state index in [2.05, 4.69) is 19.9 Å². The molecule has 7 nitrogen and oxygen atoms in total. The summed E-state index contributed by atoms with van der Waals surface area (Å²) >= 11 is 6.43. The first-order chi connectivity index (χ1) is 18.4. The summed E-state index contributed by atoms with van der Waals surface area (Å²) in [5, 5.41) is -0.238. The van der Waals surface area contributed by atoms with Gasteiger partial charge in [-0.05, 0) is 63.6 Å². The van der Waals surface area contributed by atoms with Crippen LogP contribution in [0.15, 0.2) is 24.0 Å². The number of alkyl halides is 3. The molecule has 1 saturated heterocycles. The van der Waals surface area contributed by atoms with E-state index in [1.807, 2.05) is 7.05 Å². The van der Waals surface area contributed by atoms with Crippen molar-refractivity contribution >= 4 is 34.1 Å². The smallest absolute Gasteiger partial charge is 0.418 e. The van der Waals surface area contributed by atoms with Crippen LogP contribution >= 0.6 is 11.6 Å². The maximum Gasteiger partial charge on any atom is 0.418 e. The second-order valence-corrected chi connectivity index (χ2v) is 10.2. The van der Waals surface area contributed by atoms with Crippen LogP contribution in [-0.4, -0.2) is 59.2 Å². The lowest BCUT2D eigenvalue weighted by Gasteiger charge is -2.27. The summed E-state index contributed by atoms with van der Waals surface area (Å²) in [6, 6.07) is 2.26. The van der Waals surface area contributed by atoms with Crippen molar-refractivity contribution in [2.45, 2.75) is 38.4 Å². The number of rotatable bonds is 5. The number of nitrogens with two attached hydrogens (primary N) is 1. The number of hydrogen-bond acceptors (Lipinski definition) is 7. The van der Waals surface area contributed by atoms with Gasteiger partial charge in [0.1, 0.15) is 29.6 Å². The number of likely N-dealkylation sites (N-methyl/N-ethyl adjacent to an activating group) is 1. The van der Waals surface area contributed by atoms with Gasteiger partial charge in [0, 0.05) is 18.0 Å². The monoisotopic (exact) mass is 568 g/mol. The minimum atomic E-state index is -4.86. The minimum absolute atomic E-state index is 0.0996. The molecule has 0 amide bonds. The van der Waals surface area contributed by atoms with E-state index in [9.17, 15) is 17.6 Å². The quantitative estimate of drug-likeness (QED) is 0.382. The Kier molecular flexibility index (Phi) is 7.27. The first-order valence-corrected chi connectivity index (χ1v) is 12.8. The molecular formula is C26H26ClF5N6O. The van der Waals surface area contributed by atoms with Crippen molar-refractivity contribution in [1.29, 1.82) is 0 Å².